The van der Waals surface area contributed by atoms with Crippen molar-refractivity contribution in [2.24, 2.45) is 0 Å². The number of halogens is 3. The Hall–Kier alpha value is -2.67. The van der Waals surface area contributed by atoms with E-state index in [4.69, 9.17) is 9.26 Å². The Morgan fingerprint density at radius 1 is 1.36 bits per heavy atom. The van der Waals surface area contributed by atoms with Crippen LogP contribution in [0.1, 0.15) is 11.3 Å². The second-order valence-corrected chi connectivity index (χ2v) is 6.33. The molecule has 0 unspecified atom stereocenters. The summed E-state index contributed by atoms with van der Waals surface area (Å²) >= 11 is 0. The standard InChI is InChI=1S/C12H10F3N3O6S/c1-23-11-5-8(24-17-11)6-16-25(21,22)10-3-2-7(18(19)20)4-9(10)12(13,14)15/h2-5,16H,6H2,1H3. The Kier molecular flexibility index (Phi) is 4.99. The fraction of sp³-hybridized carbons (Fsp3) is 0.250. The van der Waals surface area contributed by atoms with Gasteiger partial charge in [0.25, 0.3) is 11.6 Å². The van der Waals surface area contributed by atoms with Crippen molar-refractivity contribution in [2.75, 3.05) is 7.11 Å². The predicted molar refractivity (Wildman–Crippen MR) is 75.2 cm³/mol. The van der Waals surface area contributed by atoms with Crippen molar-refractivity contribution in [2.45, 2.75) is 17.6 Å². The van der Waals surface area contributed by atoms with Crippen molar-refractivity contribution in [1.82, 2.24) is 9.88 Å². The van der Waals surface area contributed by atoms with E-state index in [1.807, 2.05) is 4.72 Å². The average molecular weight is 381 g/mol. The molecular formula is C12H10F3N3O6S. The molecule has 2 aromatic rings. The van der Waals surface area contributed by atoms with E-state index >= 15 is 0 Å². The van der Waals surface area contributed by atoms with Gasteiger partial charge in [0, 0.05) is 18.2 Å². The summed E-state index contributed by atoms with van der Waals surface area (Å²) in [7, 11) is -3.34. The lowest BCUT2D eigenvalue weighted by Gasteiger charge is -2.13. The van der Waals surface area contributed by atoms with Crippen LogP contribution in [0.2, 0.25) is 0 Å². The molecule has 13 heteroatoms. The van der Waals surface area contributed by atoms with E-state index in [0.717, 1.165) is 0 Å². The fourth-order valence-electron chi connectivity index (χ4n) is 1.80. The maximum Gasteiger partial charge on any atom is 0.417 e. The number of benzene rings is 1. The molecule has 0 spiro atoms. The van der Waals surface area contributed by atoms with E-state index < -0.39 is 43.8 Å². The SMILES string of the molecule is COc1cc(CNS(=O)(=O)c2ccc([N+](=O)[O-])cc2C(F)(F)F)on1. The van der Waals surface area contributed by atoms with Crippen LogP contribution in [0.3, 0.4) is 0 Å². The van der Waals surface area contributed by atoms with Gasteiger partial charge in [0.05, 0.1) is 29.0 Å². The second-order valence-electron chi connectivity index (χ2n) is 4.60. The van der Waals surface area contributed by atoms with Gasteiger partial charge < -0.3 is 9.26 Å². The molecule has 0 fully saturated rings. The molecule has 1 aromatic heterocycles. The summed E-state index contributed by atoms with van der Waals surface area (Å²) in [6.45, 7) is -0.493. The number of rotatable bonds is 6. The lowest BCUT2D eigenvalue weighted by atomic mass is 10.2. The van der Waals surface area contributed by atoms with Crippen LogP contribution in [-0.2, 0) is 22.7 Å². The van der Waals surface area contributed by atoms with Gasteiger partial charge in [-0.2, -0.15) is 13.2 Å². The monoisotopic (exact) mass is 381 g/mol. The molecule has 0 bridgehead atoms. The fourth-order valence-corrected chi connectivity index (χ4v) is 3.00. The van der Waals surface area contributed by atoms with Crippen molar-refractivity contribution < 1.29 is 35.8 Å². The maximum atomic E-state index is 13.1. The van der Waals surface area contributed by atoms with Crippen molar-refractivity contribution in [1.29, 1.82) is 0 Å². The Morgan fingerprint density at radius 3 is 2.56 bits per heavy atom. The number of hydrogen-bond donors (Lipinski definition) is 1. The lowest BCUT2D eigenvalue weighted by Crippen LogP contribution is -2.26. The first-order chi connectivity index (χ1) is 11.5. The molecule has 0 saturated carbocycles. The van der Waals surface area contributed by atoms with Crippen LogP contribution >= 0.6 is 0 Å². The van der Waals surface area contributed by atoms with Crippen molar-refractivity contribution >= 4 is 15.7 Å². The van der Waals surface area contributed by atoms with Gasteiger partial charge in [-0.05, 0) is 11.2 Å². The highest BCUT2D eigenvalue weighted by molar-refractivity contribution is 7.89. The summed E-state index contributed by atoms with van der Waals surface area (Å²) in [6.07, 6.45) is -5.11. The van der Waals surface area contributed by atoms with E-state index in [1.165, 1.54) is 13.2 Å². The van der Waals surface area contributed by atoms with E-state index in [0.29, 0.717) is 12.1 Å². The van der Waals surface area contributed by atoms with Crippen LogP contribution in [0.15, 0.2) is 33.7 Å². The zero-order valence-corrected chi connectivity index (χ0v) is 13.2. The van der Waals surface area contributed by atoms with Crippen molar-refractivity contribution in [3.63, 3.8) is 0 Å². The number of non-ortho nitro benzene ring substituents is 1. The quantitative estimate of drug-likeness (QED) is 0.600. The molecule has 1 heterocycles. The molecule has 0 aliphatic carbocycles. The van der Waals surface area contributed by atoms with Crippen molar-refractivity contribution in [3.05, 3.63) is 45.7 Å². The molecule has 0 radical (unpaired) electrons. The Labute approximate surface area is 138 Å². The molecule has 1 N–H and O–H groups in total. The third kappa shape index (κ3) is 4.24. The van der Waals surface area contributed by atoms with Crippen LogP contribution in [0.25, 0.3) is 0 Å². The topological polar surface area (TPSA) is 125 Å². The largest absolute Gasteiger partial charge is 0.479 e. The molecule has 2 rings (SSSR count). The van der Waals surface area contributed by atoms with Crippen LogP contribution in [0.5, 0.6) is 5.88 Å². The minimum Gasteiger partial charge on any atom is -0.479 e. The zero-order chi connectivity index (χ0) is 18.8. The Bertz CT molecular complexity index is 894. The summed E-state index contributed by atoms with van der Waals surface area (Å²) < 4.78 is 74.9. The number of ether oxygens (including phenoxy) is 1. The first-order valence-corrected chi connectivity index (χ1v) is 7.88. The molecule has 0 aliphatic heterocycles. The number of nitrogens with zero attached hydrogens (tertiary/aromatic N) is 2. The molecule has 0 saturated heterocycles. The van der Waals surface area contributed by atoms with E-state index in [-0.39, 0.29) is 17.7 Å². The van der Waals surface area contributed by atoms with Gasteiger partial charge in [0.15, 0.2) is 5.76 Å². The first kappa shape index (κ1) is 18.7. The molecule has 136 valence electrons. The molecular weight excluding hydrogens is 371 g/mol. The molecule has 0 aliphatic rings. The predicted octanol–water partition coefficient (Wildman–Crippen LogP) is 2.09. The number of sulfonamides is 1. The third-order valence-corrected chi connectivity index (χ3v) is 4.41. The van der Waals surface area contributed by atoms with Crippen LogP contribution in [0, 0.1) is 10.1 Å². The minimum atomic E-state index is -5.11. The highest BCUT2D eigenvalue weighted by Gasteiger charge is 2.38. The highest BCUT2D eigenvalue weighted by atomic mass is 32.2. The Balaban J connectivity index is 2.35. The van der Waals surface area contributed by atoms with Gasteiger partial charge in [-0.1, -0.05) is 0 Å². The Morgan fingerprint density at radius 2 is 2.04 bits per heavy atom. The second kappa shape index (κ2) is 6.68. The molecule has 0 amide bonds. The average Bonchev–Trinajstić information content (AvgIpc) is 2.99. The van der Waals surface area contributed by atoms with Crippen LogP contribution in [-0.4, -0.2) is 25.6 Å². The number of alkyl halides is 3. The normalized spacial score (nSPS) is 12.2. The number of nitro benzene ring substituents is 1. The zero-order valence-electron chi connectivity index (χ0n) is 12.4. The molecule has 1 aromatic carbocycles. The van der Waals surface area contributed by atoms with Gasteiger partial charge in [-0.3, -0.25) is 10.1 Å². The highest BCUT2D eigenvalue weighted by Crippen LogP contribution is 2.36. The molecule has 25 heavy (non-hydrogen) atoms. The summed E-state index contributed by atoms with van der Waals surface area (Å²) in [5.41, 5.74) is -2.53. The van der Waals surface area contributed by atoms with Crippen LogP contribution < -0.4 is 9.46 Å². The summed E-state index contributed by atoms with van der Waals surface area (Å²) in [5.74, 6) is 0.0522. The van der Waals surface area contributed by atoms with Gasteiger partial charge in [0.1, 0.15) is 0 Å². The first-order valence-electron chi connectivity index (χ1n) is 6.39. The number of nitrogens with one attached hydrogen (secondary N) is 1. The smallest absolute Gasteiger partial charge is 0.417 e. The molecule has 9 nitrogen and oxygen atoms in total. The van der Waals surface area contributed by atoms with Gasteiger partial charge in [-0.15, -0.1) is 0 Å². The molecule has 0 atom stereocenters. The van der Waals surface area contributed by atoms with Gasteiger partial charge in [0.2, 0.25) is 10.0 Å². The number of methoxy groups -OCH3 is 1. The summed E-state index contributed by atoms with van der Waals surface area (Å²) in [5, 5.41) is 14.0. The lowest BCUT2D eigenvalue weighted by molar-refractivity contribution is -0.385. The van der Waals surface area contributed by atoms with E-state index in [1.54, 1.807) is 0 Å². The number of nitro groups is 1. The third-order valence-electron chi connectivity index (χ3n) is 2.95. The van der Waals surface area contributed by atoms with Gasteiger partial charge >= 0.3 is 6.18 Å². The minimum absolute atomic E-state index is 0.00380. The van der Waals surface area contributed by atoms with Crippen LogP contribution in [0.4, 0.5) is 18.9 Å². The summed E-state index contributed by atoms with van der Waals surface area (Å²) in [4.78, 5) is 8.43. The summed E-state index contributed by atoms with van der Waals surface area (Å²) in [6, 6.07) is 2.58. The number of aromatic nitrogens is 1. The number of hydrogen-bond acceptors (Lipinski definition) is 7. The maximum absolute atomic E-state index is 13.1. The van der Waals surface area contributed by atoms with E-state index in [9.17, 15) is 31.7 Å². The van der Waals surface area contributed by atoms with E-state index in [2.05, 4.69) is 5.16 Å². The van der Waals surface area contributed by atoms with Crippen molar-refractivity contribution in [3.8, 4) is 5.88 Å². The van der Waals surface area contributed by atoms with Gasteiger partial charge in [-0.25, -0.2) is 13.1 Å².